The van der Waals surface area contributed by atoms with Gasteiger partial charge in [-0.1, -0.05) is 33.6 Å². The highest BCUT2D eigenvalue weighted by molar-refractivity contribution is 5.13. The Morgan fingerprint density at radius 3 is 2.48 bits per heavy atom. The molecule has 1 aromatic rings. The molecule has 1 saturated carbocycles. The number of nitrogens with one attached hydrogen (secondary N) is 1. The first-order chi connectivity index (χ1) is 10.2. The van der Waals surface area contributed by atoms with Crippen LogP contribution in [0.4, 0.5) is 0 Å². The minimum atomic E-state index is 0.505. The van der Waals surface area contributed by atoms with Gasteiger partial charge in [0, 0.05) is 24.7 Å². The van der Waals surface area contributed by atoms with Gasteiger partial charge in [-0.05, 0) is 50.6 Å². The Bertz CT molecular complexity index is 430. The molecule has 0 radical (unpaired) electrons. The van der Waals surface area contributed by atoms with Crippen LogP contribution in [0.3, 0.4) is 0 Å². The molecule has 0 spiro atoms. The highest BCUT2D eigenvalue weighted by Crippen LogP contribution is 2.44. The van der Waals surface area contributed by atoms with Crippen LogP contribution in [0.5, 0.6) is 0 Å². The number of aryl methyl sites for hydroxylation is 2. The summed E-state index contributed by atoms with van der Waals surface area (Å²) in [6.07, 6.45) is 9.05. The summed E-state index contributed by atoms with van der Waals surface area (Å²) in [4.78, 5) is 0. The Morgan fingerprint density at radius 1 is 1.24 bits per heavy atom. The number of rotatable bonds is 8. The van der Waals surface area contributed by atoms with Crippen molar-refractivity contribution in [2.45, 2.75) is 85.2 Å². The standard InChI is InChI=1S/C18H33N3/c1-5-15-13-16(21(8-4)20-15)14-17(19-7-3)18(6-2)11-9-10-12-18/h13,17,19H,5-12,14H2,1-4H3. The number of likely N-dealkylation sites (N-methyl/N-ethyl adjacent to an activating group) is 1. The maximum absolute atomic E-state index is 4.72. The van der Waals surface area contributed by atoms with E-state index in [0.29, 0.717) is 11.5 Å². The van der Waals surface area contributed by atoms with Crippen LogP contribution < -0.4 is 5.32 Å². The second-order valence-electron chi connectivity index (χ2n) is 6.53. The fourth-order valence-electron chi connectivity index (χ4n) is 4.11. The molecule has 1 aliphatic carbocycles. The molecular weight excluding hydrogens is 258 g/mol. The Kier molecular flexibility index (Phi) is 5.86. The van der Waals surface area contributed by atoms with Crippen LogP contribution in [0.15, 0.2) is 6.07 Å². The third-order valence-electron chi connectivity index (χ3n) is 5.48. The lowest BCUT2D eigenvalue weighted by molar-refractivity contribution is 0.184. The van der Waals surface area contributed by atoms with Crippen LogP contribution >= 0.6 is 0 Å². The molecule has 1 atom stereocenters. The fraction of sp³-hybridized carbons (Fsp3) is 0.833. The SMILES string of the molecule is CCNC(Cc1cc(CC)nn1CC)C1(CC)CCCC1. The Morgan fingerprint density at radius 2 is 1.95 bits per heavy atom. The van der Waals surface area contributed by atoms with Gasteiger partial charge in [0.15, 0.2) is 0 Å². The van der Waals surface area contributed by atoms with E-state index < -0.39 is 0 Å². The van der Waals surface area contributed by atoms with Gasteiger partial charge >= 0.3 is 0 Å². The molecule has 3 nitrogen and oxygen atoms in total. The molecule has 1 unspecified atom stereocenters. The van der Waals surface area contributed by atoms with Crippen LogP contribution in [0.2, 0.25) is 0 Å². The summed E-state index contributed by atoms with van der Waals surface area (Å²) in [7, 11) is 0. The van der Waals surface area contributed by atoms with Crippen molar-refractivity contribution in [2.75, 3.05) is 6.54 Å². The average molecular weight is 291 g/mol. The van der Waals surface area contributed by atoms with Gasteiger partial charge in [0.25, 0.3) is 0 Å². The monoisotopic (exact) mass is 291 g/mol. The summed E-state index contributed by atoms with van der Waals surface area (Å²) in [5.41, 5.74) is 3.16. The molecule has 1 aliphatic rings. The van der Waals surface area contributed by atoms with Crippen molar-refractivity contribution in [2.24, 2.45) is 5.41 Å². The summed E-state index contributed by atoms with van der Waals surface area (Å²) in [6.45, 7) is 11.0. The molecule has 1 fully saturated rings. The number of hydrogen-bond donors (Lipinski definition) is 1. The van der Waals surface area contributed by atoms with E-state index in [1.54, 1.807) is 0 Å². The lowest BCUT2D eigenvalue weighted by atomic mass is 9.74. The second-order valence-corrected chi connectivity index (χ2v) is 6.53. The third kappa shape index (κ3) is 3.50. The lowest BCUT2D eigenvalue weighted by Crippen LogP contribution is -2.45. The van der Waals surface area contributed by atoms with Crippen molar-refractivity contribution in [1.29, 1.82) is 0 Å². The zero-order valence-electron chi connectivity index (χ0n) is 14.4. The van der Waals surface area contributed by atoms with Gasteiger partial charge in [-0.2, -0.15) is 5.10 Å². The molecule has 1 aromatic heterocycles. The highest BCUT2D eigenvalue weighted by Gasteiger charge is 2.39. The predicted octanol–water partition coefficient (Wildman–Crippen LogP) is 3.96. The normalized spacial score (nSPS) is 19.0. The average Bonchev–Trinajstić information content (AvgIpc) is 3.14. The van der Waals surface area contributed by atoms with Gasteiger partial charge in [-0.25, -0.2) is 0 Å². The minimum absolute atomic E-state index is 0.505. The summed E-state index contributed by atoms with van der Waals surface area (Å²) in [5, 5.41) is 8.53. The highest BCUT2D eigenvalue weighted by atomic mass is 15.3. The first kappa shape index (κ1) is 16.5. The van der Waals surface area contributed by atoms with Crippen molar-refractivity contribution < 1.29 is 0 Å². The lowest BCUT2D eigenvalue weighted by Gasteiger charge is -2.37. The van der Waals surface area contributed by atoms with Gasteiger partial charge in [0.2, 0.25) is 0 Å². The first-order valence-electron chi connectivity index (χ1n) is 8.98. The van der Waals surface area contributed by atoms with Crippen molar-refractivity contribution in [3.8, 4) is 0 Å². The third-order valence-corrected chi connectivity index (χ3v) is 5.48. The van der Waals surface area contributed by atoms with Gasteiger partial charge in [0.1, 0.15) is 0 Å². The molecule has 2 rings (SSSR count). The van der Waals surface area contributed by atoms with E-state index in [0.717, 1.165) is 25.9 Å². The fourth-order valence-corrected chi connectivity index (χ4v) is 4.11. The molecule has 0 bridgehead atoms. The molecule has 120 valence electrons. The molecule has 21 heavy (non-hydrogen) atoms. The molecule has 0 aromatic carbocycles. The summed E-state index contributed by atoms with van der Waals surface area (Å²) < 4.78 is 2.21. The maximum Gasteiger partial charge on any atom is 0.0624 e. The van der Waals surface area contributed by atoms with Gasteiger partial charge in [0.05, 0.1) is 5.69 Å². The topological polar surface area (TPSA) is 29.9 Å². The van der Waals surface area contributed by atoms with Crippen molar-refractivity contribution in [3.05, 3.63) is 17.5 Å². The van der Waals surface area contributed by atoms with E-state index in [1.165, 1.54) is 43.5 Å². The molecule has 1 heterocycles. The second kappa shape index (κ2) is 7.44. The van der Waals surface area contributed by atoms with Gasteiger partial charge in [-0.3, -0.25) is 4.68 Å². The Hall–Kier alpha value is -0.830. The van der Waals surface area contributed by atoms with E-state index >= 15 is 0 Å². The summed E-state index contributed by atoms with van der Waals surface area (Å²) in [5.74, 6) is 0. The Labute approximate surface area is 130 Å². The quantitative estimate of drug-likeness (QED) is 0.786. The van der Waals surface area contributed by atoms with E-state index in [2.05, 4.69) is 43.8 Å². The van der Waals surface area contributed by atoms with Crippen LogP contribution in [0.1, 0.15) is 71.2 Å². The van der Waals surface area contributed by atoms with Crippen molar-refractivity contribution >= 4 is 0 Å². The maximum atomic E-state index is 4.72. The minimum Gasteiger partial charge on any atom is -0.313 e. The van der Waals surface area contributed by atoms with Crippen LogP contribution in [0, 0.1) is 5.41 Å². The van der Waals surface area contributed by atoms with Crippen LogP contribution in [-0.2, 0) is 19.4 Å². The smallest absolute Gasteiger partial charge is 0.0624 e. The Balaban J connectivity index is 2.21. The van der Waals surface area contributed by atoms with E-state index in [9.17, 15) is 0 Å². The predicted molar refractivity (Wildman–Crippen MR) is 89.6 cm³/mol. The van der Waals surface area contributed by atoms with Crippen molar-refractivity contribution in [3.63, 3.8) is 0 Å². The van der Waals surface area contributed by atoms with Gasteiger partial charge < -0.3 is 5.32 Å². The summed E-state index contributed by atoms with van der Waals surface area (Å²) in [6, 6.07) is 2.92. The van der Waals surface area contributed by atoms with E-state index in [1.807, 2.05) is 0 Å². The molecule has 3 heteroatoms. The van der Waals surface area contributed by atoms with Crippen molar-refractivity contribution in [1.82, 2.24) is 15.1 Å². The number of aromatic nitrogens is 2. The molecule has 0 amide bonds. The molecule has 0 saturated heterocycles. The number of hydrogen-bond acceptors (Lipinski definition) is 2. The molecular formula is C18H33N3. The molecule has 1 N–H and O–H groups in total. The van der Waals surface area contributed by atoms with E-state index in [4.69, 9.17) is 5.10 Å². The summed E-state index contributed by atoms with van der Waals surface area (Å²) >= 11 is 0. The van der Waals surface area contributed by atoms with Crippen LogP contribution in [-0.4, -0.2) is 22.4 Å². The largest absolute Gasteiger partial charge is 0.313 e. The number of nitrogens with zero attached hydrogens (tertiary/aromatic N) is 2. The van der Waals surface area contributed by atoms with Crippen LogP contribution in [0.25, 0.3) is 0 Å². The zero-order chi connectivity index (χ0) is 15.3. The van der Waals surface area contributed by atoms with Gasteiger partial charge in [-0.15, -0.1) is 0 Å². The first-order valence-corrected chi connectivity index (χ1v) is 8.98. The zero-order valence-corrected chi connectivity index (χ0v) is 14.4. The van der Waals surface area contributed by atoms with E-state index in [-0.39, 0.29) is 0 Å². The molecule has 0 aliphatic heterocycles.